The standard InChI is InChI=1S/C57H72N10O6/c1-34(2)50(62-56(70)72-7)54(68)66-21-9-11-48(66)52-58-44-19-13-37(32-46(44)60-52)27-39-29-40(31-42(30-39)41-15-17-43(18-16-41)65-25-23-64(24-26-65)36(5)6)28-38-14-20-45-47(33-38)61-53(59-45)49-12-10-22-67(49)55(69)51(35(3)4)63-57(71)73-8/h13-20,29-36,48-51H,9-12,21-28H2,1-8H3,(H,58,60)(H,59,61)(H,62,70)(H,63,71)/t48-,49-,50-,51-/m0/s1. The van der Waals surface area contributed by atoms with Gasteiger partial charge in [-0.3, -0.25) is 14.5 Å². The van der Waals surface area contributed by atoms with Crippen molar-refractivity contribution in [3.05, 3.63) is 113 Å². The fourth-order valence-electron chi connectivity index (χ4n) is 11.0. The van der Waals surface area contributed by atoms with E-state index in [1.165, 1.54) is 31.0 Å². The number of methoxy groups -OCH3 is 2. The number of benzene rings is 4. The zero-order chi connectivity index (χ0) is 51.5. The topological polar surface area (TPSA) is 181 Å². The van der Waals surface area contributed by atoms with Gasteiger partial charge in [0.1, 0.15) is 23.7 Å². The molecule has 6 aromatic rings. The third-order valence-electron chi connectivity index (χ3n) is 15.1. The van der Waals surface area contributed by atoms with Crippen molar-refractivity contribution in [3.8, 4) is 11.1 Å². The lowest BCUT2D eigenvalue weighted by molar-refractivity contribution is -0.136. The van der Waals surface area contributed by atoms with Crippen LogP contribution in [-0.4, -0.2) is 130 Å². The first-order chi connectivity index (χ1) is 35.2. The van der Waals surface area contributed by atoms with E-state index in [1.807, 2.05) is 37.5 Å². The Morgan fingerprint density at radius 2 is 1.04 bits per heavy atom. The summed E-state index contributed by atoms with van der Waals surface area (Å²) in [5, 5.41) is 5.49. The molecule has 0 bridgehead atoms. The maximum atomic E-state index is 13.9. The molecule has 3 fully saturated rings. The molecule has 4 N–H and O–H groups in total. The van der Waals surface area contributed by atoms with Crippen molar-refractivity contribution < 1.29 is 28.7 Å². The van der Waals surface area contributed by atoms with Gasteiger partial charge in [0.2, 0.25) is 11.8 Å². The number of rotatable bonds is 15. The van der Waals surface area contributed by atoms with E-state index in [1.54, 1.807) is 0 Å². The summed E-state index contributed by atoms with van der Waals surface area (Å²) in [4.78, 5) is 78.0. The second kappa shape index (κ2) is 22.0. The lowest BCUT2D eigenvalue weighted by Gasteiger charge is -2.38. The van der Waals surface area contributed by atoms with Crippen LogP contribution < -0.4 is 15.5 Å². The largest absolute Gasteiger partial charge is 0.453 e. The summed E-state index contributed by atoms with van der Waals surface area (Å²) >= 11 is 0. The number of imidazole rings is 2. The number of aromatic nitrogens is 4. The van der Waals surface area contributed by atoms with E-state index >= 15 is 0 Å². The number of carbonyl (C=O) groups is 4. The highest BCUT2D eigenvalue weighted by atomic mass is 16.5. The molecule has 9 rings (SSSR count). The minimum Gasteiger partial charge on any atom is -0.453 e. The maximum absolute atomic E-state index is 13.9. The average molecular weight is 993 g/mol. The molecule has 4 amide bonds. The Morgan fingerprint density at radius 3 is 1.47 bits per heavy atom. The monoisotopic (exact) mass is 993 g/mol. The molecule has 3 aliphatic rings. The summed E-state index contributed by atoms with van der Waals surface area (Å²) in [5.41, 5.74) is 11.7. The SMILES string of the molecule is COC(=O)N[C@H](C(=O)N1CCC[C@H]1c1nc2ccc(Cc3cc(Cc4ccc5nc([C@@H]6CCCN6C(=O)[C@@H](NC(=O)OC)C(C)C)[nH]c5c4)cc(-c4ccc(N5CCN(C(C)C)CC5)cc4)c3)cc2[nH]1)C(C)C. The number of alkyl carbamates (subject to hydrolysis) is 2. The van der Waals surface area contributed by atoms with Crippen LogP contribution in [0.4, 0.5) is 15.3 Å². The minimum atomic E-state index is -0.705. The minimum absolute atomic E-state index is 0.120. The smallest absolute Gasteiger partial charge is 0.407 e. The number of nitrogens with zero attached hydrogens (tertiary/aromatic N) is 6. The molecule has 2 aromatic heterocycles. The fourth-order valence-corrected chi connectivity index (χ4v) is 11.0. The highest BCUT2D eigenvalue weighted by molar-refractivity contribution is 5.88. The summed E-state index contributed by atoms with van der Waals surface area (Å²) in [7, 11) is 2.61. The highest BCUT2D eigenvalue weighted by Crippen LogP contribution is 2.36. The van der Waals surface area contributed by atoms with Crippen molar-refractivity contribution in [3.63, 3.8) is 0 Å². The third kappa shape index (κ3) is 11.3. The molecule has 0 unspecified atom stereocenters. The van der Waals surface area contributed by atoms with Gasteiger partial charge < -0.3 is 44.8 Å². The van der Waals surface area contributed by atoms with E-state index in [4.69, 9.17) is 19.4 Å². The number of likely N-dealkylation sites (tertiary alicyclic amines) is 2. The predicted octanol–water partition coefficient (Wildman–Crippen LogP) is 8.91. The van der Waals surface area contributed by atoms with E-state index in [0.29, 0.717) is 32.0 Å². The highest BCUT2D eigenvalue weighted by Gasteiger charge is 2.39. The number of aromatic amines is 2. The summed E-state index contributed by atoms with van der Waals surface area (Å²) < 4.78 is 9.67. The lowest BCUT2D eigenvalue weighted by atomic mass is 9.93. The molecular weight excluding hydrogens is 921 g/mol. The number of fused-ring (bicyclic) bond motifs is 2. The molecular formula is C57H72N10O6. The molecule has 16 nitrogen and oxygen atoms in total. The van der Waals surface area contributed by atoms with E-state index in [0.717, 1.165) is 108 Å². The Hall–Kier alpha value is -6.94. The zero-order valence-electron chi connectivity index (χ0n) is 43.7. The van der Waals surface area contributed by atoms with Crippen molar-refractivity contribution in [2.75, 3.05) is 58.4 Å². The normalized spacial score (nSPS) is 18.3. The van der Waals surface area contributed by atoms with Crippen LogP contribution in [0.25, 0.3) is 33.2 Å². The van der Waals surface area contributed by atoms with Crippen LogP contribution in [-0.2, 0) is 31.9 Å². The first-order valence-electron chi connectivity index (χ1n) is 26.2. The lowest BCUT2D eigenvalue weighted by Crippen LogP contribution is -2.51. The van der Waals surface area contributed by atoms with Gasteiger partial charge in [-0.25, -0.2) is 19.6 Å². The summed E-state index contributed by atoms with van der Waals surface area (Å²) in [6, 6.07) is 27.4. The Morgan fingerprint density at radius 1 is 0.575 bits per heavy atom. The van der Waals surface area contributed by atoms with Crippen LogP contribution in [0.5, 0.6) is 0 Å². The number of carbonyl (C=O) groups excluding carboxylic acids is 4. The molecule has 16 heteroatoms. The van der Waals surface area contributed by atoms with E-state index in [2.05, 4.69) is 123 Å². The van der Waals surface area contributed by atoms with Crippen molar-refractivity contribution in [2.45, 2.75) is 110 Å². The Bertz CT molecular complexity index is 2780. The quantitative estimate of drug-likeness (QED) is 0.0776. The number of piperazine rings is 1. The van der Waals surface area contributed by atoms with E-state index < -0.39 is 24.3 Å². The number of nitrogens with one attached hydrogen (secondary N) is 4. The Labute approximate surface area is 428 Å². The van der Waals surface area contributed by atoms with Gasteiger partial charge in [-0.2, -0.15) is 0 Å². The van der Waals surface area contributed by atoms with Gasteiger partial charge in [0, 0.05) is 51.0 Å². The molecule has 3 saturated heterocycles. The number of anilines is 1. The van der Waals surface area contributed by atoms with Gasteiger partial charge in [0.05, 0.1) is 48.4 Å². The predicted molar refractivity (Wildman–Crippen MR) is 284 cm³/mol. The zero-order valence-corrected chi connectivity index (χ0v) is 43.7. The summed E-state index contributed by atoms with van der Waals surface area (Å²) in [5.74, 6) is 0.983. The first-order valence-corrected chi connectivity index (χ1v) is 26.2. The van der Waals surface area contributed by atoms with E-state index in [9.17, 15) is 19.2 Å². The van der Waals surface area contributed by atoms with Crippen molar-refractivity contribution in [2.24, 2.45) is 11.8 Å². The molecule has 5 heterocycles. The van der Waals surface area contributed by atoms with Crippen LogP contribution >= 0.6 is 0 Å². The van der Waals surface area contributed by atoms with Gasteiger partial charge in [-0.1, -0.05) is 70.2 Å². The van der Waals surface area contributed by atoms with Crippen LogP contribution in [0, 0.1) is 11.8 Å². The van der Waals surface area contributed by atoms with Gasteiger partial charge >= 0.3 is 12.2 Å². The van der Waals surface area contributed by atoms with Crippen LogP contribution in [0.1, 0.15) is 113 Å². The third-order valence-corrected chi connectivity index (χ3v) is 15.1. The van der Waals surface area contributed by atoms with Gasteiger partial charge in [-0.15, -0.1) is 0 Å². The molecule has 0 saturated carbocycles. The van der Waals surface area contributed by atoms with Gasteiger partial charge in [0.15, 0.2) is 0 Å². The molecule has 3 aliphatic heterocycles. The van der Waals surface area contributed by atoms with Crippen LogP contribution in [0.3, 0.4) is 0 Å². The molecule has 73 heavy (non-hydrogen) atoms. The first kappa shape index (κ1) is 51.0. The van der Waals surface area contributed by atoms with Gasteiger partial charge in [0.25, 0.3) is 0 Å². The summed E-state index contributed by atoms with van der Waals surface area (Å²) in [6.45, 7) is 17.5. The van der Waals surface area contributed by atoms with Crippen molar-refractivity contribution in [1.82, 2.24) is 45.3 Å². The van der Waals surface area contributed by atoms with Gasteiger partial charge in [-0.05, 0) is 134 Å². The fraction of sp³-hybridized carbons (Fsp3) is 0.474. The number of amides is 4. The Balaban J connectivity index is 0.978. The molecule has 0 radical (unpaired) electrons. The van der Waals surface area contributed by atoms with Crippen LogP contribution in [0.15, 0.2) is 78.9 Å². The van der Waals surface area contributed by atoms with Crippen molar-refractivity contribution >= 4 is 51.8 Å². The molecule has 0 spiro atoms. The average Bonchev–Trinajstić information content (AvgIpc) is 4.23. The summed E-state index contributed by atoms with van der Waals surface area (Å²) in [6.07, 6.45) is 3.38. The number of hydrogen-bond donors (Lipinski definition) is 4. The molecule has 4 atom stereocenters. The second-order valence-electron chi connectivity index (χ2n) is 21.1. The maximum Gasteiger partial charge on any atom is 0.407 e. The number of H-pyrrole nitrogens is 2. The molecule has 4 aromatic carbocycles. The van der Waals surface area contributed by atoms with E-state index in [-0.39, 0.29) is 35.7 Å². The van der Waals surface area contributed by atoms with Crippen molar-refractivity contribution in [1.29, 1.82) is 0 Å². The Kier molecular flexibility index (Phi) is 15.4. The van der Waals surface area contributed by atoms with Crippen LogP contribution in [0.2, 0.25) is 0 Å². The number of ether oxygens (including phenoxy) is 2. The molecule has 386 valence electrons. The second-order valence-corrected chi connectivity index (χ2v) is 21.1. The molecule has 0 aliphatic carbocycles. The number of hydrogen-bond acceptors (Lipinski definition) is 10.